The number of carbonyl (C=O) groups excluding carboxylic acids is 1. The van der Waals surface area contributed by atoms with E-state index in [2.05, 4.69) is 26.3 Å². The molecule has 1 aliphatic heterocycles. The predicted octanol–water partition coefficient (Wildman–Crippen LogP) is 3.72. The molecule has 7 nitrogen and oxygen atoms in total. The zero-order valence-electron chi connectivity index (χ0n) is 19.9. The highest BCUT2D eigenvalue weighted by atomic mass is 16.3. The van der Waals surface area contributed by atoms with Gasteiger partial charge in [0.05, 0.1) is 29.1 Å². The second-order valence-electron chi connectivity index (χ2n) is 9.83. The molecule has 5 rings (SSSR count). The van der Waals surface area contributed by atoms with Crippen molar-refractivity contribution in [1.29, 1.82) is 5.26 Å². The summed E-state index contributed by atoms with van der Waals surface area (Å²) in [7, 11) is 0. The largest absolute Gasteiger partial charge is 0.391 e. The summed E-state index contributed by atoms with van der Waals surface area (Å²) < 4.78 is 0. The number of rotatable bonds is 5. The second kappa shape index (κ2) is 10.1. The lowest BCUT2D eigenvalue weighted by atomic mass is 9.74. The maximum Gasteiger partial charge on any atom is 0.270 e. The van der Waals surface area contributed by atoms with Crippen LogP contribution in [-0.2, 0) is 12.0 Å². The van der Waals surface area contributed by atoms with Crippen LogP contribution >= 0.6 is 0 Å². The second-order valence-corrected chi connectivity index (χ2v) is 9.83. The number of nitrogens with zero attached hydrogens (tertiary/aromatic N) is 4. The maximum atomic E-state index is 13.1. The molecule has 2 fully saturated rings. The minimum atomic E-state index is -0.503. The Morgan fingerprint density at radius 3 is 2.71 bits per heavy atom. The van der Waals surface area contributed by atoms with Gasteiger partial charge in [-0.3, -0.25) is 14.7 Å². The molecule has 180 valence electrons. The van der Waals surface area contributed by atoms with Crippen LogP contribution < -0.4 is 5.32 Å². The first kappa shape index (κ1) is 23.4. The Bertz CT molecular complexity index is 1230. The van der Waals surface area contributed by atoms with Gasteiger partial charge in [0.25, 0.3) is 5.91 Å². The molecule has 0 spiro atoms. The number of fused-ring (bicyclic) bond motifs is 1. The number of likely N-dealkylation sites (tertiary alicyclic amines) is 1. The number of amides is 1. The average molecular weight is 470 g/mol. The Morgan fingerprint density at radius 1 is 1.17 bits per heavy atom. The first-order chi connectivity index (χ1) is 17.1. The number of para-hydroxylation sites is 1. The van der Waals surface area contributed by atoms with Crippen LogP contribution in [0.5, 0.6) is 0 Å². The van der Waals surface area contributed by atoms with Gasteiger partial charge in [-0.1, -0.05) is 37.1 Å². The lowest BCUT2D eigenvalue weighted by molar-refractivity contribution is 0.0714. The molecular weight excluding hydrogens is 438 g/mol. The zero-order valence-corrected chi connectivity index (χ0v) is 19.9. The number of aliphatic hydroxyl groups is 1. The minimum Gasteiger partial charge on any atom is -0.391 e. The van der Waals surface area contributed by atoms with Gasteiger partial charge in [0.1, 0.15) is 5.69 Å². The first-order valence-corrected chi connectivity index (χ1v) is 12.5. The summed E-state index contributed by atoms with van der Waals surface area (Å²) in [6, 6.07) is 16.0. The van der Waals surface area contributed by atoms with Gasteiger partial charge in [-0.25, -0.2) is 4.98 Å². The molecule has 3 aromatic rings. The van der Waals surface area contributed by atoms with E-state index in [9.17, 15) is 15.2 Å². The van der Waals surface area contributed by atoms with Gasteiger partial charge >= 0.3 is 0 Å². The Balaban J connectivity index is 1.35. The van der Waals surface area contributed by atoms with E-state index in [0.29, 0.717) is 12.2 Å². The van der Waals surface area contributed by atoms with Crippen LogP contribution in [0.1, 0.15) is 60.1 Å². The topological polar surface area (TPSA) is 102 Å². The van der Waals surface area contributed by atoms with Crippen molar-refractivity contribution in [3.63, 3.8) is 0 Å². The molecule has 2 N–H and O–H groups in total. The van der Waals surface area contributed by atoms with Crippen molar-refractivity contribution < 1.29 is 9.90 Å². The SMILES string of the molecule is N#CC1(c2cccnc2)CCN(Cc2cc(C(=O)NC3CCCCC3O)nc3ccccc23)CC1. The van der Waals surface area contributed by atoms with Crippen molar-refractivity contribution in [2.75, 3.05) is 13.1 Å². The summed E-state index contributed by atoms with van der Waals surface area (Å²) in [5, 5.41) is 24.3. The number of aliphatic hydroxyl groups excluding tert-OH is 1. The Hall–Kier alpha value is -3.34. The van der Waals surface area contributed by atoms with Crippen LogP contribution in [0.15, 0.2) is 54.9 Å². The maximum absolute atomic E-state index is 13.1. The fraction of sp³-hybridized carbons (Fsp3) is 0.429. The molecule has 1 amide bonds. The molecular formula is C28H31N5O2. The normalized spacial score (nSPS) is 22.4. The minimum absolute atomic E-state index is 0.221. The molecule has 1 aromatic carbocycles. The van der Waals surface area contributed by atoms with E-state index in [-0.39, 0.29) is 11.9 Å². The Labute approximate surface area is 205 Å². The molecule has 1 saturated heterocycles. The van der Waals surface area contributed by atoms with E-state index < -0.39 is 11.5 Å². The summed E-state index contributed by atoms with van der Waals surface area (Å²) in [5.74, 6) is -0.235. The van der Waals surface area contributed by atoms with Gasteiger partial charge in [0.15, 0.2) is 0 Å². The van der Waals surface area contributed by atoms with Crippen LogP contribution in [-0.4, -0.2) is 51.1 Å². The molecule has 0 bridgehead atoms. The van der Waals surface area contributed by atoms with Crippen molar-refractivity contribution in [2.24, 2.45) is 0 Å². The Kier molecular flexibility index (Phi) is 6.76. The van der Waals surface area contributed by atoms with Crippen LogP contribution in [0.3, 0.4) is 0 Å². The van der Waals surface area contributed by atoms with Crippen molar-refractivity contribution in [1.82, 2.24) is 20.2 Å². The van der Waals surface area contributed by atoms with Gasteiger partial charge in [0.2, 0.25) is 0 Å². The van der Waals surface area contributed by atoms with E-state index in [1.165, 1.54) is 0 Å². The molecule has 2 aromatic heterocycles. The number of carbonyl (C=O) groups is 1. The number of pyridine rings is 2. The summed E-state index contributed by atoms with van der Waals surface area (Å²) in [6.07, 6.45) is 8.05. The molecule has 2 atom stereocenters. The number of piperidine rings is 1. The monoisotopic (exact) mass is 469 g/mol. The standard InChI is InChI=1S/C28H31N5O2/c29-19-28(21-6-5-13-30-17-21)11-14-33(15-12-28)18-20-16-25(31-23-8-2-1-7-22(20)23)27(35)32-24-9-3-4-10-26(24)34/h1-2,5-8,13,16-17,24,26,34H,3-4,9-12,14-15,18H2,(H,32,35). The molecule has 35 heavy (non-hydrogen) atoms. The third kappa shape index (κ3) is 4.90. The smallest absolute Gasteiger partial charge is 0.270 e. The van der Waals surface area contributed by atoms with Gasteiger partial charge in [0, 0.05) is 37.4 Å². The van der Waals surface area contributed by atoms with Crippen molar-refractivity contribution >= 4 is 16.8 Å². The number of aromatic nitrogens is 2. The summed E-state index contributed by atoms with van der Waals surface area (Å²) in [4.78, 5) is 24.3. The van der Waals surface area contributed by atoms with Crippen LogP contribution in [0.25, 0.3) is 10.9 Å². The highest BCUT2D eigenvalue weighted by Gasteiger charge is 2.36. The number of benzene rings is 1. The van der Waals surface area contributed by atoms with E-state index in [1.807, 2.05) is 48.7 Å². The molecule has 0 radical (unpaired) electrons. The van der Waals surface area contributed by atoms with Gasteiger partial charge in [-0.15, -0.1) is 0 Å². The average Bonchev–Trinajstić information content (AvgIpc) is 2.91. The highest BCUT2D eigenvalue weighted by molar-refractivity contribution is 5.96. The van der Waals surface area contributed by atoms with Gasteiger partial charge in [-0.05, 0) is 55.0 Å². The van der Waals surface area contributed by atoms with E-state index in [0.717, 1.165) is 73.6 Å². The molecule has 2 unspecified atom stereocenters. The number of nitriles is 1. The molecule has 2 aliphatic rings. The van der Waals surface area contributed by atoms with Crippen LogP contribution in [0, 0.1) is 11.3 Å². The zero-order chi connectivity index (χ0) is 24.3. The van der Waals surface area contributed by atoms with Gasteiger partial charge < -0.3 is 10.4 Å². The third-order valence-corrected chi connectivity index (χ3v) is 7.61. The fourth-order valence-corrected chi connectivity index (χ4v) is 5.46. The fourth-order valence-electron chi connectivity index (χ4n) is 5.46. The first-order valence-electron chi connectivity index (χ1n) is 12.5. The molecule has 1 aliphatic carbocycles. The third-order valence-electron chi connectivity index (χ3n) is 7.61. The van der Waals surface area contributed by atoms with E-state index in [4.69, 9.17) is 0 Å². The molecule has 1 saturated carbocycles. The highest BCUT2D eigenvalue weighted by Crippen LogP contribution is 2.35. The lowest BCUT2D eigenvalue weighted by Gasteiger charge is -2.37. The quantitative estimate of drug-likeness (QED) is 0.591. The van der Waals surface area contributed by atoms with Gasteiger partial charge in [-0.2, -0.15) is 5.26 Å². The number of hydrogen-bond acceptors (Lipinski definition) is 6. The van der Waals surface area contributed by atoms with E-state index in [1.54, 1.807) is 6.20 Å². The summed E-state index contributed by atoms with van der Waals surface area (Å²) in [6.45, 7) is 2.26. The van der Waals surface area contributed by atoms with Crippen molar-refractivity contribution in [2.45, 2.75) is 62.6 Å². The number of hydrogen-bond donors (Lipinski definition) is 2. The number of nitrogens with one attached hydrogen (secondary N) is 1. The Morgan fingerprint density at radius 2 is 1.97 bits per heavy atom. The predicted molar refractivity (Wildman–Crippen MR) is 134 cm³/mol. The van der Waals surface area contributed by atoms with Crippen molar-refractivity contribution in [3.05, 3.63) is 71.7 Å². The van der Waals surface area contributed by atoms with E-state index >= 15 is 0 Å². The van der Waals surface area contributed by atoms with Crippen LogP contribution in [0.4, 0.5) is 0 Å². The van der Waals surface area contributed by atoms with Crippen molar-refractivity contribution in [3.8, 4) is 6.07 Å². The summed E-state index contributed by atoms with van der Waals surface area (Å²) >= 11 is 0. The summed E-state index contributed by atoms with van der Waals surface area (Å²) in [5.41, 5.74) is 2.71. The van der Waals surface area contributed by atoms with Crippen LogP contribution in [0.2, 0.25) is 0 Å². The lowest BCUT2D eigenvalue weighted by Crippen LogP contribution is -2.45. The molecule has 3 heterocycles. The molecule has 7 heteroatoms.